The van der Waals surface area contributed by atoms with E-state index in [9.17, 15) is 9.59 Å². The highest BCUT2D eigenvalue weighted by molar-refractivity contribution is 5.41. The topological polar surface area (TPSA) is 87.9 Å². The molecule has 0 radical (unpaired) electrons. The lowest BCUT2D eigenvalue weighted by Gasteiger charge is -2.10. The minimum absolute atomic E-state index is 0.119. The highest BCUT2D eigenvalue weighted by atomic mass is 16.5. The van der Waals surface area contributed by atoms with Crippen molar-refractivity contribution in [2.45, 2.75) is 6.61 Å². The van der Waals surface area contributed by atoms with Gasteiger partial charge < -0.3 is 4.74 Å². The van der Waals surface area contributed by atoms with Gasteiger partial charge in [-0.15, -0.1) is 0 Å². The quantitative estimate of drug-likeness (QED) is 0.869. The van der Waals surface area contributed by atoms with Gasteiger partial charge in [-0.25, -0.2) is 4.79 Å². The number of nitrogens with zero attached hydrogens (tertiary/aromatic N) is 2. The first-order chi connectivity index (χ1) is 9.17. The van der Waals surface area contributed by atoms with Crippen LogP contribution in [0.15, 0.2) is 40.1 Å². The lowest BCUT2D eigenvalue weighted by Crippen LogP contribution is -2.30. The van der Waals surface area contributed by atoms with E-state index in [1.54, 1.807) is 25.3 Å². The van der Waals surface area contributed by atoms with Gasteiger partial charge in [0.2, 0.25) is 0 Å². The van der Waals surface area contributed by atoms with Crippen LogP contribution in [-0.2, 0) is 11.3 Å². The largest absolute Gasteiger partial charge is 0.380 e. The molecule has 1 aromatic carbocycles. The number of H-pyrrole nitrogens is 1. The van der Waals surface area contributed by atoms with E-state index in [0.717, 1.165) is 5.56 Å². The Morgan fingerprint density at radius 3 is 2.79 bits per heavy atom. The van der Waals surface area contributed by atoms with Crippen molar-refractivity contribution in [3.8, 4) is 11.8 Å². The Morgan fingerprint density at radius 2 is 2.11 bits per heavy atom. The molecule has 96 valence electrons. The third-order valence-corrected chi connectivity index (χ3v) is 2.61. The number of para-hydroxylation sites is 1. The van der Waals surface area contributed by atoms with Gasteiger partial charge in [-0.05, 0) is 6.07 Å². The van der Waals surface area contributed by atoms with Crippen LogP contribution in [0.25, 0.3) is 5.69 Å². The van der Waals surface area contributed by atoms with E-state index in [1.807, 2.05) is 12.1 Å². The summed E-state index contributed by atoms with van der Waals surface area (Å²) in [5, 5.41) is 8.84. The van der Waals surface area contributed by atoms with E-state index in [1.165, 1.54) is 10.8 Å². The molecule has 6 nitrogen and oxygen atoms in total. The fourth-order valence-electron chi connectivity index (χ4n) is 1.75. The summed E-state index contributed by atoms with van der Waals surface area (Å²) in [4.78, 5) is 25.3. The molecule has 0 saturated heterocycles. The van der Waals surface area contributed by atoms with Crippen LogP contribution in [0.3, 0.4) is 0 Å². The number of nitriles is 1. The van der Waals surface area contributed by atoms with Crippen molar-refractivity contribution >= 4 is 0 Å². The summed E-state index contributed by atoms with van der Waals surface area (Å²) < 4.78 is 6.29. The van der Waals surface area contributed by atoms with E-state index in [0.29, 0.717) is 12.3 Å². The standard InChI is InChI=1S/C13H11N3O3/c1-19-8-9-4-2-3-5-11(9)16-7-10(6-14)12(17)15-13(16)18/h2-5,7H,8H2,1H3,(H,15,17,18). The predicted octanol–water partition coefficient (Wildman–Crippen LogP) is 0.544. The number of hydrogen-bond donors (Lipinski definition) is 1. The second kappa shape index (κ2) is 5.33. The smallest absolute Gasteiger partial charge is 0.332 e. The Balaban J connectivity index is 2.69. The molecule has 6 heteroatoms. The van der Waals surface area contributed by atoms with Crippen LogP contribution in [0.1, 0.15) is 11.1 Å². The van der Waals surface area contributed by atoms with Crippen LogP contribution in [0.4, 0.5) is 0 Å². The number of nitrogens with one attached hydrogen (secondary N) is 1. The molecule has 0 unspecified atom stereocenters. The molecule has 0 aliphatic carbocycles. The van der Waals surface area contributed by atoms with Crippen LogP contribution < -0.4 is 11.2 Å². The maximum atomic E-state index is 11.8. The van der Waals surface area contributed by atoms with Crippen LogP contribution in [0, 0.1) is 11.3 Å². The van der Waals surface area contributed by atoms with Gasteiger partial charge in [-0.3, -0.25) is 14.3 Å². The highest BCUT2D eigenvalue weighted by Crippen LogP contribution is 2.13. The van der Waals surface area contributed by atoms with Gasteiger partial charge in [-0.1, -0.05) is 18.2 Å². The summed E-state index contributed by atoms with van der Waals surface area (Å²) in [6.45, 7) is 0.323. The first-order valence-electron chi connectivity index (χ1n) is 5.50. The lowest BCUT2D eigenvalue weighted by atomic mass is 10.2. The van der Waals surface area contributed by atoms with Gasteiger partial charge in [0.05, 0.1) is 12.3 Å². The summed E-state index contributed by atoms with van der Waals surface area (Å²) in [5.74, 6) is 0. The Hall–Kier alpha value is -2.65. The van der Waals surface area contributed by atoms with Gasteiger partial charge in [0.15, 0.2) is 0 Å². The molecule has 0 saturated carbocycles. The Morgan fingerprint density at radius 1 is 1.37 bits per heavy atom. The van der Waals surface area contributed by atoms with Crippen molar-refractivity contribution in [1.82, 2.24) is 9.55 Å². The molecule has 2 aromatic rings. The Bertz CT molecular complexity index is 753. The number of benzene rings is 1. The van der Waals surface area contributed by atoms with Crippen molar-refractivity contribution in [3.63, 3.8) is 0 Å². The minimum Gasteiger partial charge on any atom is -0.380 e. The molecule has 1 heterocycles. The van der Waals surface area contributed by atoms with Crippen molar-refractivity contribution in [1.29, 1.82) is 5.26 Å². The molecule has 0 atom stereocenters. The first-order valence-corrected chi connectivity index (χ1v) is 5.50. The molecule has 2 rings (SSSR count). The second-order valence-corrected chi connectivity index (χ2v) is 3.85. The molecule has 0 amide bonds. The van der Waals surface area contributed by atoms with Gasteiger partial charge >= 0.3 is 5.69 Å². The molecular formula is C13H11N3O3. The number of aromatic amines is 1. The zero-order valence-electron chi connectivity index (χ0n) is 10.2. The molecule has 19 heavy (non-hydrogen) atoms. The number of ether oxygens (including phenoxy) is 1. The maximum absolute atomic E-state index is 11.8. The summed E-state index contributed by atoms with van der Waals surface area (Å²) in [5.41, 5.74) is -0.0440. The Kier molecular flexibility index (Phi) is 3.59. The van der Waals surface area contributed by atoms with E-state index < -0.39 is 11.2 Å². The predicted molar refractivity (Wildman–Crippen MR) is 68.1 cm³/mol. The van der Waals surface area contributed by atoms with Gasteiger partial charge in [-0.2, -0.15) is 5.26 Å². The van der Waals surface area contributed by atoms with Crippen molar-refractivity contribution in [2.24, 2.45) is 0 Å². The zero-order valence-corrected chi connectivity index (χ0v) is 10.2. The normalized spacial score (nSPS) is 10.1. The van der Waals surface area contributed by atoms with Gasteiger partial charge in [0.25, 0.3) is 5.56 Å². The number of aromatic nitrogens is 2. The molecule has 0 spiro atoms. The second-order valence-electron chi connectivity index (χ2n) is 3.85. The molecular weight excluding hydrogens is 246 g/mol. The van der Waals surface area contributed by atoms with Crippen LogP contribution in [-0.4, -0.2) is 16.7 Å². The monoisotopic (exact) mass is 257 g/mol. The fourth-order valence-corrected chi connectivity index (χ4v) is 1.75. The van der Waals surface area contributed by atoms with E-state index in [-0.39, 0.29) is 5.56 Å². The lowest BCUT2D eigenvalue weighted by molar-refractivity contribution is 0.184. The van der Waals surface area contributed by atoms with E-state index in [4.69, 9.17) is 10.00 Å². The van der Waals surface area contributed by atoms with E-state index >= 15 is 0 Å². The summed E-state index contributed by atoms with van der Waals surface area (Å²) in [6, 6.07) is 8.86. The Labute approximate surface area is 108 Å². The first kappa shape index (κ1) is 12.8. The van der Waals surface area contributed by atoms with Crippen LogP contribution in [0.2, 0.25) is 0 Å². The van der Waals surface area contributed by atoms with Crippen LogP contribution in [0.5, 0.6) is 0 Å². The van der Waals surface area contributed by atoms with E-state index in [2.05, 4.69) is 4.98 Å². The SMILES string of the molecule is COCc1ccccc1-n1cc(C#N)c(=O)[nH]c1=O. The third-order valence-electron chi connectivity index (χ3n) is 2.61. The molecule has 0 fully saturated rings. The maximum Gasteiger partial charge on any atom is 0.332 e. The number of hydrogen-bond acceptors (Lipinski definition) is 4. The van der Waals surface area contributed by atoms with Gasteiger partial charge in [0.1, 0.15) is 11.6 Å². The molecule has 0 aliphatic rings. The fraction of sp³-hybridized carbons (Fsp3) is 0.154. The number of methoxy groups -OCH3 is 1. The highest BCUT2D eigenvalue weighted by Gasteiger charge is 2.09. The van der Waals surface area contributed by atoms with Crippen molar-refractivity contribution in [2.75, 3.05) is 7.11 Å². The van der Waals surface area contributed by atoms with Crippen LogP contribution >= 0.6 is 0 Å². The molecule has 1 N–H and O–H groups in total. The average molecular weight is 257 g/mol. The zero-order chi connectivity index (χ0) is 13.8. The molecule has 1 aromatic heterocycles. The van der Waals surface area contributed by atoms with Crippen molar-refractivity contribution < 1.29 is 4.74 Å². The average Bonchev–Trinajstić information content (AvgIpc) is 2.40. The molecule has 0 bridgehead atoms. The van der Waals surface area contributed by atoms with Crippen molar-refractivity contribution in [3.05, 3.63) is 62.4 Å². The summed E-state index contributed by atoms with van der Waals surface area (Å²) in [7, 11) is 1.55. The summed E-state index contributed by atoms with van der Waals surface area (Å²) in [6.07, 6.45) is 1.23. The molecule has 0 aliphatic heterocycles. The summed E-state index contributed by atoms with van der Waals surface area (Å²) >= 11 is 0. The third kappa shape index (κ3) is 2.46. The van der Waals surface area contributed by atoms with Gasteiger partial charge in [0, 0.05) is 18.9 Å². The number of rotatable bonds is 3. The minimum atomic E-state index is -0.687.